The summed E-state index contributed by atoms with van der Waals surface area (Å²) >= 11 is 3.71. The second-order valence-corrected chi connectivity index (χ2v) is 6.89. The van der Waals surface area contributed by atoms with Gasteiger partial charge in [0.15, 0.2) is 0 Å². The molecule has 112 valence electrons. The van der Waals surface area contributed by atoms with Crippen molar-refractivity contribution in [1.29, 1.82) is 0 Å². The molecule has 0 spiro atoms. The summed E-state index contributed by atoms with van der Waals surface area (Å²) in [7, 11) is 0. The fourth-order valence-corrected chi connectivity index (χ4v) is 3.03. The van der Waals surface area contributed by atoms with Gasteiger partial charge in [0.05, 0.1) is 12.2 Å². The predicted octanol–water partition coefficient (Wildman–Crippen LogP) is 3.87. The van der Waals surface area contributed by atoms with E-state index in [9.17, 15) is 0 Å². The maximum atomic E-state index is 4.62. The van der Waals surface area contributed by atoms with E-state index in [-0.39, 0.29) is 0 Å². The zero-order valence-corrected chi connectivity index (χ0v) is 14.5. The first-order valence-corrected chi connectivity index (χ1v) is 8.35. The Kier molecular flexibility index (Phi) is 4.18. The molecule has 0 bridgehead atoms. The maximum Gasteiger partial charge on any atom is 0.0673 e. The van der Waals surface area contributed by atoms with Crippen molar-refractivity contribution in [2.24, 2.45) is 0 Å². The van der Waals surface area contributed by atoms with Crippen LogP contribution in [0.3, 0.4) is 0 Å². The Balaban J connectivity index is 1.74. The zero-order valence-electron chi connectivity index (χ0n) is 12.9. The van der Waals surface area contributed by atoms with Gasteiger partial charge in [-0.2, -0.15) is 5.10 Å². The van der Waals surface area contributed by atoms with Crippen LogP contribution in [0.15, 0.2) is 22.7 Å². The molecule has 1 N–H and O–H groups in total. The molecule has 0 amide bonds. The molecule has 21 heavy (non-hydrogen) atoms. The summed E-state index contributed by atoms with van der Waals surface area (Å²) in [6, 6.07) is 7.40. The average Bonchev–Trinajstić information content (AvgIpc) is 3.25. The lowest BCUT2D eigenvalue weighted by atomic mass is 10.1. The van der Waals surface area contributed by atoms with Crippen molar-refractivity contribution >= 4 is 15.9 Å². The van der Waals surface area contributed by atoms with Crippen LogP contribution in [-0.4, -0.2) is 15.8 Å². The van der Waals surface area contributed by atoms with Crippen LogP contribution in [0, 0.1) is 20.8 Å². The van der Waals surface area contributed by atoms with E-state index in [1.165, 1.54) is 39.7 Å². The summed E-state index contributed by atoms with van der Waals surface area (Å²) in [6.07, 6.45) is 2.66. The van der Waals surface area contributed by atoms with Gasteiger partial charge in [-0.05, 0) is 56.4 Å². The summed E-state index contributed by atoms with van der Waals surface area (Å²) in [5.41, 5.74) is 6.27. The number of halogens is 1. The smallest absolute Gasteiger partial charge is 0.0673 e. The summed E-state index contributed by atoms with van der Waals surface area (Å²) in [5.74, 6) is 0. The van der Waals surface area contributed by atoms with E-state index in [1.54, 1.807) is 0 Å². The summed E-state index contributed by atoms with van der Waals surface area (Å²) in [5, 5.41) is 8.17. The molecule has 1 aliphatic carbocycles. The van der Waals surface area contributed by atoms with Gasteiger partial charge in [-0.25, -0.2) is 0 Å². The molecule has 4 heteroatoms. The lowest BCUT2D eigenvalue weighted by molar-refractivity contribution is 0.655. The number of benzene rings is 1. The van der Waals surface area contributed by atoms with E-state index in [2.05, 4.69) is 70.0 Å². The highest BCUT2D eigenvalue weighted by Crippen LogP contribution is 2.23. The summed E-state index contributed by atoms with van der Waals surface area (Å²) < 4.78 is 3.26. The predicted molar refractivity (Wildman–Crippen MR) is 89.5 cm³/mol. The number of rotatable bonds is 5. The van der Waals surface area contributed by atoms with Gasteiger partial charge < -0.3 is 5.32 Å². The minimum absolute atomic E-state index is 0.751. The highest BCUT2D eigenvalue weighted by Gasteiger charge is 2.20. The molecule has 1 aromatic heterocycles. The molecule has 3 rings (SSSR count). The van der Waals surface area contributed by atoms with Gasteiger partial charge in [0.2, 0.25) is 0 Å². The van der Waals surface area contributed by atoms with E-state index in [4.69, 9.17) is 0 Å². The Morgan fingerprint density at radius 1 is 1.29 bits per heavy atom. The monoisotopic (exact) mass is 347 g/mol. The minimum atomic E-state index is 0.751. The Labute approximate surface area is 134 Å². The van der Waals surface area contributed by atoms with Crippen molar-refractivity contribution in [1.82, 2.24) is 15.1 Å². The molecule has 0 saturated heterocycles. The molecule has 2 aromatic rings. The van der Waals surface area contributed by atoms with Crippen molar-refractivity contribution in [2.75, 3.05) is 0 Å². The zero-order chi connectivity index (χ0) is 15.0. The Bertz CT molecular complexity index is 656. The maximum absolute atomic E-state index is 4.62. The molecule has 1 aliphatic rings. The molecular formula is C17H22BrN3. The standard InChI is InChI=1S/C17H22BrN3/c1-11-12(2)20-21(13(11)3)10-15-5-4-14(8-17(15)18)9-19-16-6-7-16/h4-5,8,16,19H,6-7,9-10H2,1-3H3. The number of nitrogens with zero attached hydrogens (tertiary/aromatic N) is 2. The highest BCUT2D eigenvalue weighted by molar-refractivity contribution is 9.10. The number of hydrogen-bond donors (Lipinski definition) is 1. The lowest BCUT2D eigenvalue weighted by Gasteiger charge is -2.10. The third kappa shape index (κ3) is 3.38. The molecular weight excluding hydrogens is 326 g/mol. The molecule has 1 fully saturated rings. The van der Waals surface area contributed by atoms with Crippen LogP contribution in [0.1, 0.15) is 40.9 Å². The highest BCUT2D eigenvalue weighted by atomic mass is 79.9. The van der Waals surface area contributed by atoms with Gasteiger partial charge in [-0.1, -0.05) is 28.1 Å². The van der Waals surface area contributed by atoms with Gasteiger partial charge in [-0.15, -0.1) is 0 Å². The second-order valence-electron chi connectivity index (χ2n) is 6.03. The number of hydrogen-bond acceptors (Lipinski definition) is 2. The summed E-state index contributed by atoms with van der Waals surface area (Å²) in [4.78, 5) is 0. The molecule has 1 heterocycles. The van der Waals surface area contributed by atoms with Gasteiger partial charge in [0.25, 0.3) is 0 Å². The van der Waals surface area contributed by atoms with E-state index >= 15 is 0 Å². The van der Waals surface area contributed by atoms with E-state index in [1.807, 2.05) is 0 Å². The minimum Gasteiger partial charge on any atom is -0.310 e. The largest absolute Gasteiger partial charge is 0.310 e. The quantitative estimate of drug-likeness (QED) is 0.889. The SMILES string of the molecule is Cc1nn(Cc2ccc(CNC3CC3)cc2Br)c(C)c1C. The molecule has 1 aromatic carbocycles. The van der Waals surface area contributed by atoms with Gasteiger partial charge >= 0.3 is 0 Å². The van der Waals surface area contributed by atoms with Crippen molar-refractivity contribution in [2.45, 2.75) is 52.7 Å². The lowest BCUT2D eigenvalue weighted by Crippen LogP contribution is -2.15. The summed E-state index contributed by atoms with van der Waals surface area (Å²) in [6.45, 7) is 8.12. The number of aromatic nitrogens is 2. The fraction of sp³-hybridized carbons (Fsp3) is 0.471. The van der Waals surface area contributed by atoms with Crippen molar-refractivity contribution in [3.05, 3.63) is 50.8 Å². The average molecular weight is 348 g/mol. The molecule has 1 saturated carbocycles. The Morgan fingerprint density at radius 2 is 2.05 bits per heavy atom. The first-order valence-electron chi connectivity index (χ1n) is 7.56. The van der Waals surface area contributed by atoms with E-state index in [0.29, 0.717) is 0 Å². The van der Waals surface area contributed by atoms with E-state index < -0.39 is 0 Å². The van der Waals surface area contributed by atoms with Crippen LogP contribution < -0.4 is 5.32 Å². The second kappa shape index (κ2) is 5.93. The first kappa shape index (κ1) is 14.8. The third-order valence-corrected chi connectivity index (χ3v) is 5.09. The van der Waals surface area contributed by atoms with Crippen LogP contribution >= 0.6 is 15.9 Å². The topological polar surface area (TPSA) is 29.9 Å². The van der Waals surface area contributed by atoms with Gasteiger partial charge in [0, 0.05) is 22.8 Å². The van der Waals surface area contributed by atoms with Crippen LogP contribution in [-0.2, 0) is 13.1 Å². The fourth-order valence-electron chi connectivity index (χ4n) is 2.48. The van der Waals surface area contributed by atoms with Crippen molar-refractivity contribution < 1.29 is 0 Å². The van der Waals surface area contributed by atoms with Gasteiger partial charge in [-0.3, -0.25) is 4.68 Å². The van der Waals surface area contributed by atoms with Crippen molar-refractivity contribution in [3.63, 3.8) is 0 Å². The van der Waals surface area contributed by atoms with Crippen LogP contribution in [0.2, 0.25) is 0 Å². The molecule has 0 atom stereocenters. The third-order valence-electron chi connectivity index (χ3n) is 4.35. The molecule has 0 aliphatic heterocycles. The van der Waals surface area contributed by atoms with E-state index in [0.717, 1.165) is 24.8 Å². The first-order chi connectivity index (χ1) is 10.0. The van der Waals surface area contributed by atoms with Crippen LogP contribution in [0.25, 0.3) is 0 Å². The molecule has 0 unspecified atom stereocenters. The number of aryl methyl sites for hydroxylation is 1. The molecule has 3 nitrogen and oxygen atoms in total. The van der Waals surface area contributed by atoms with Crippen LogP contribution in [0.4, 0.5) is 0 Å². The van der Waals surface area contributed by atoms with Crippen molar-refractivity contribution in [3.8, 4) is 0 Å². The van der Waals surface area contributed by atoms with Crippen LogP contribution in [0.5, 0.6) is 0 Å². The van der Waals surface area contributed by atoms with Gasteiger partial charge in [0.1, 0.15) is 0 Å². The molecule has 0 radical (unpaired) electrons. The Morgan fingerprint density at radius 3 is 2.62 bits per heavy atom. The normalized spacial score (nSPS) is 14.7. The number of nitrogens with one attached hydrogen (secondary N) is 1. The Hall–Kier alpha value is -1.13.